The second kappa shape index (κ2) is 10.1. The normalized spacial score (nSPS) is 13.9. The molecule has 0 aliphatic carbocycles. The highest BCUT2D eigenvalue weighted by Gasteiger charge is 2.24. The molecular formula is C20H23FN8O4S. The molecule has 0 atom stereocenters. The lowest BCUT2D eigenvalue weighted by Gasteiger charge is -2.36. The number of anilines is 1. The zero-order valence-corrected chi connectivity index (χ0v) is 19.4. The molecule has 0 saturated carbocycles. The minimum atomic E-state index is -0.625. The van der Waals surface area contributed by atoms with E-state index in [2.05, 4.69) is 20.8 Å². The van der Waals surface area contributed by atoms with Crippen LogP contribution in [0.15, 0.2) is 38.9 Å². The van der Waals surface area contributed by atoms with E-state index >= 15 is 0 Å². The average Bonchev–Trinajstić information content (AvgIpc) is 3.40. The molecule has 1 aliphatic rings. The van der Waals surface area contributed by atoms with Gasteiger partial charge in [0, 0.05) is 40.2 Å². The molecule has 2 amide bonds. The molecule has 1 aromatic carbocycles. The van der Waals surface area contributed by atoms with Gasteiger partial charge in [-0.25, -0.2) is 13.9 Å². The number of aryl methyl sites for hydroxylation is 1. The number of thioether (sulfide) groups is 1. The van der Waals surface area contributed by atoms with Crippen molar-refractivity contribution in [2.45, 2.75) is 18.7 Å². The first-order chi connectivity index (χ1) is 16.3. The number of hydrogen-bond donors (Lipinski definition) is 1. The standard InChI is InChI=1S/C20H23FN8O4S/c1-13(30)22-12-29-10-15(19(32)33-29)14-3-4-17(16(21)9-14)27-5-7-28(8-6-27)18(31)11-34-20-23-24-25-26(20)2/h3-4,9-10H,5-8,11-12H2,1-2H3,(H,22,30). The third-order valence-electron chi connectivity index (χ3n) is 5.31. The molecule has 1 saturated heterocycles. The van der Waals surface area contributed by atoms with Crippen molar-refractivity contribution in [3.05, 3.63) is 40.6 Å². The van der Waals surface area contributed by atoms with Crippen LogP contribution in [-0.4, -0.2) is 73.6 Å². The van der Waals surface area contributed by atoms with Crippen LogP contribution in [0.25, 0.3) is 11.1 Å². The van der Waals surface area contributed by atoms with Gasteiger partial charge in [0.15, 0.2) is 0 Å². The maximum atomic E-state index is 14.9. The number of tetrazole rings is 1. The van der Waals surface area contributed by atoms with Gasteiger partial charge in [-0.1, -0.05) is 17.8 Å². The largest absolute Gasteiger partial charge is 0.366 e. The maximum absolute atomic E-state index is 14.9. The van der Waals surface area contributed by atoms with Crippen LogP contribution in [0.5, 0.6) is 0 Å². The molecule has 0 unspecified atom stereocenters. The number of aromatic nitrogens is 5. The van der Waals surface area contributed by atoms with Gasteiger partial charge < -0.3 is 19.6 Å². The summed E-state index contributed by atoms with van der Waals surface area (Å²) >= 11 is 1.27. The minimum Gasteiger partial charge on any atom is -0.366 e. The molecule has 1 aliphatic heterocycles. The predicted octanol–water partition coefficient (Wildman–Crippen LogP) is 0.305. The molecule has 0 spiro atoms. The van der Waals surface area contributed by atoms with Gasteiger partial charge in [0.2, 0.25) is 17.0 Å². The lowest BCUT2D eigenvalue weighted by molar-refractivity contribution is -0.128. The van der Waals surface area contributed by atoms with E-state index in [1.807, 2.05) is 4.90 Å². The van der Waals surface area contributed by atoms with Gasteiger partial charge in [0.05, 0.1) is 23.2 Å². The van der Waals surface area contributed by atoms with Crippen LogP contribution in [0.3, 0.4) is 0 Å². The monoisotopic (exact) mass is 490 g/mol. The number of benzene rings is 1. The summed E-state index contributed by atoms with van der Waals surface area (Å²) in [6.45, 7) is 3.24. The summed E-state index contributed by atoms with van der Waals surface area (Å²) in [5.74, 6) is -0.547. The van der Waals surface area contributed by atoms with E-state index < -0.39 is 11.4 Å². The van der Waals surface area contributed by atoms with Crippen molar-refractivity contribution in [1.82, 2.24) is 35.2 Å². The number of rotatable bonds is 7. The summed E-state index contributed by atoms with van der Waals surface area (Å²) < 4.78 is 22.7. The Morgan fingerprint density at radius 2 is 2.00 bits per heavy atom. The number of amides is 2. The lowest BCUT2D eigenvalue weighted by atomic mass is 10.1. The first-order valence-electron chi connectivity index (χ1n) is 10.4. The average molecular weight is 491 g/mol. The Hall–Kier alpha value is -3.68. The summed E-state index contributed by atoms with van der Waals surface area (Å²) in [5.41, 5.74) is 0.347. The highest BCUT2D eigenvalue weighted by Crippen LogP contribution is 2.26. The first-order valence-corrected chi connectivity index (χ1v) is 11.4. The lowest BCUT2D eigenvalue weighted by Crippen LogP contribution is -2.49. The molecule has 2 aromatic heterocycles. The summed E-state index contributed by atoms with van der Waals surface area (Å²) in [4.78, 5) is 39.3. The number of carbonyl (C=O) groups is 2. The van der Waals surface area contributed by atoms with E-state index in [-0.39, 0.29) is 29.8 Å². The van der Waals surface area contributed by atoms with E-state index in [9.17, 15) is 18.8 Å². The van der Waals surface area contributed by atoms with E-state index in [4.69, 9.17) is 4.52 Å². The van der Waals surface area contributed by atoms with Gasteiger partial charge in [-0.2, -0.15) is 4.74 Å². The zero-order chi connectivity index (χ0) is 24.2. The summed E-state index contributed by atoms with van der Waals surface area (Å²) in [6, 6.07) is 4.55. The summed E-state index contributed by atoms with van der Waals surface area (Å²) in [5, 5.41) is 14.2. The van der Waals surface area contributed by atoms with Crippen LogP contribution in [0.1, 0.15) is 6.92 Å². The molecular weight excluding hydrogens is 467 g/mol. The SMILES string of the molecule is CC(=O)NCn1cc(-c2ccc(N3CCN(C(=O)CSc4nnnn4C)CC3)c(F)c2)c(=O)o1. The van der Waals surface area contributed by atoms with Crippen molar-refractivity contribution in [1.29, 1.82) is 0 Å². The highest BCUT2D eigenvalue weighted by atomic mass is 32.2. The van der Waals surface area contributed by atoms with Crippen LogP contribution >= 0.6 is 11.8 Å². The molecule has 0 radical (unpaired) electrons. The smallest absolute Gasteiger partial charge is 0.365 e. The summed E-state index contributed by atoms with van der Waals surface area (Å²) in [7, 11) is 1.71. The number of halogens is 1. The topological polar surface area (TPSA) is 131 Å². The minimum absolute atomic E-state index is 0.00211. The van der Waals surface area contributed by atoms with E-state index in [1.54, 1.807) is 24.1 Å². The second-order valence-corrected chi connectivity index (χ2v) is 8.58. The molecule has 1 N–H and O–H groups in total. The Labute approximate surface area is 197 Å². The molecule has 3 heterocycles. The summed E-state index contributed by atoms with van der Waals surface area (Å²) in [6.07, 6.45) is 1.42. The van der Waals surface area contributed by atoms with Gasteiger partial charge in [-0.15, -0.1) is 5.10 Å². The van der Waals surface area contributed by atoms with Gasteiger partial charge in [0.1, 0.15) is 12.5 Å². The maximum Gasteiger partial charge on any atom is 0.365 e. The Balaban J connectivity index is 1.36. The molecule has 14 heteroatoms. The van der Waals surface area contributed by atoms with Crippen molar-refractivity contribution in [3.8, 4) is 11.1 Å². The zero-order valence-electron chi connectivity index (χ0n) is 18.6. The second-order valence-electron chi connectivity index (χ2n) is 7.64. The third kappa shape index (κ3) is 5.27. The Bertz CT molecular complexity index is 1250. The molecule has 34 heavy (non-hydrogen) atoms. The quantitative estimate of drug-likeness (QED) is 0.465. The Morgan fingerprint density at radius 1 is 1.24 bits per heavy atom. The fraction of sp³-hybridized carbons (Fsp3) is 0.400. The van der Waals surface area contributed by atoms with Gasteiger partial charge in [0.25, 0.3) is 0 Å². The highest BCUT2D eigenvalue weighted by molar-refractivity contribution is 7.99. The van der Waals surface area contributed by atoms with Crippen molar-refractivity contribution in [3.63, 3.8) is 0 Å². The van der Waals surface area contributed by atoms with Crippen LogP contribution in [-0.2, 0) is 23.3 Å². The van der Waals surface area contributed by atoms with Gasteiger partial charge >= 0.3 is 5.63 Å². The number of hydrogen-bond acceptors (Lipinski definition) is 9. The van der Waals surface area contributed by atoms with Crippen molar-refractivity contribution in [2.75, 3.05) is 36.8 Å². The van der Waals surface area contributed by atoms with Crippen LogP contribution in [0, 0.1) is 5.82 Å². The molecule has 12 nitrogen and oxygen atoms in total. The Morgan fingerprint density at radius 3 is 2.65 bits per heavy atom. The Kier molecular flexibility index (Phi) is 6.95. The van der Waals surface area contributed by atoms with Crippen molar-refractivity contribution in [2.24, 2.45) is 7.05 Å². The molecule has 4 rings (SSSR count). The van der Waals surface area contributed by atoms with Crippen LogP contribution < -0.4 is 15.8 Å². The number of piperazine rings is 1. The third-order valence-corrected chi connectivity index (χ3v) is 6.31. The number of nitrogens with one attached hydrogen (secondary N) is 1. The fourth-order valence-electron chi connectivity index (χ4n) is 3.53. The van der Waals surface area contributed by atoms with Gasteiger partial charge in [-0.05, 0) is 28.1 Å². The number of carbonyl (C=O) groups excluding carboxylic acids is 2. The fourth-order valence-corrected chi connectivity index (χ4v) is 4.28. The molecule has 3 aromatic rings. The van der Waals surface area contributed by atoms with Crippen LogP contribution in [0.2, 0.25) is 0 Å². The van der Waals surface area contributed by atoms with E-state index in [1.165, 1.54) is 40.4 Å². The van der Waals surface area contributed by atoms with Crippen molar-refractivity contribution >= 4 is 29.3 Å². The van der Waals surface area contributed by atoms with Crippen molar-refractivity contribution < 1.29 is 18.5 Å². The van der Waals surface area contributed by atoms with E-state index in [0.29, 0.717) is 42.6 Å². The van der Waals surface area contributed by atoms with Crippen LogP contribution in [0.4, 0.5) is 10.1 Å². The molecule has 1 fully saturated rings. The van der Waals surface area contributed by atoms with Gasteiger partial charge in [-0.3, -0.25) is 9.59 Å². The first kappa shape index (κ1) is 23.5. The number of nitrogens with zero attached hydrogens (tertiary/aromatic N) is 7. The molecule has 180 valence electrons. The van der Waals surface area contributed by atoms with E-state index in [0.717, 1.165) is 0 Å². The molecule has 0 bridgehead atoms. The predicted molar refractivity (Wildman–Crippen MR) is 120 cm³/mol.